The number of hydrogen-bond acceptors (Lipinski definition) is 6. The molecule has 0 saturated carbocycles. The number of benzene rings is 1. The Labute approximate surface area is 163 Å². The predicted molar refractivity (Wildman–Crippen MR) is 99.5 cm³/mol. The summed E-state index contributed by atoms with van der Waals surface area (Å²) in [5.41, 5.74) is 0.344. The second-order valence-electron chi connectivity index (χ2n) is 7.14. The molecule has 0 radical (unpaired) electrons. The summed E-state index contributed by atoms with van der Waals surface area (Å²) < 4.78 is 38.3. The molecule has 0 spiro atoms. The summed E-state index contributed by atoms with van der Waals surface area (Å²) >= 11 is 0. The first-order valence-electron chi connectivity index (χ1n) is 9.38. The third-order valence-electron chi connectivity index (χ3n) is 5.28. The van der Waals surface area contributed by atoms with Crippen LogP contribution >= 0.6 is 0 Å². The van der Waals surface area contributed by atoms with E-state index in [1.165, 1.54) is 16.4 Å². The normalized spacial score (nSPS) is 25.8. The van der Waals surface area contributed by atoms with Gasteiger partial charge in [0.2, 0.25) is 10.0 Å². The SMILES string of the molecule is C[C@H]1Oc2ccc(S(=O)(=O)N3CCN(C(=O)[C@H]4CCCO4)CC3)cc2NC1=O. The number of amides is 2. The molecule has 2 saturated heterocycles. The number of rotatable bonds is 3. The highest BCUT2D eigenvalue weighted by atomic mass is 32.2. The fraction of sp³-hybridized carbons (Fsp3) is 0.556. The molecular formula is C18H23N3O6S. The second-order valence-corrected chi connectivity index (χ2v) is 9.08. The second kappa shape index (κ2) is 7.34. The van der Waals surface area contributed by atoms with Crippen LogP contribution in [0.4, 0.5) is 5.69 Å². The van der Waals surface area contributed by atoms with Gasteiger partial charge in [-0.15, -0.1) is 0 Å². The molecule has 28 heavy (non-hydrogen) atoms. The van der Waals surface area contributed by atoms with Crippen molar-refractivity contribution in [3.63, 3.8) is 0 Å². The number of sulfonamides is 1. The van der Waals surface area contributed by atoms with Crippen molar-refractivity contribution in [1.29, 1.82) is 0 Å². The Bertz CT molecular complexity index is 889. The van der Waals surface area contributed by atoms with E-state index in [0.717, 1.165) is 12.8 Å². The van der Waals surface area contributed by atoms with Crippen LogP contribution in [-0.4, -0.2) is 74.4 Å². The van der Waals surface area contributed by atoms with Crippen molar-refractivity contribution in [2.24, 2.45) is 0 Å². The van der Waals surface area contributed by atoms with Crippen molar-refractivity contribution in [3.05, 3.63) is 18.2 Å². The number of hydrogen-bond donors (Lipinski definition) is 1. The van der Waals surface area contributed by atoms with E-state index in [1.54, 1.807) is 17.9 Å². The molecule has 3 aliphatic rings. The van der Waals surface area contributed by atoms with Gasteiger partial charge in [0.1, 0.15) is 11.9 Å². The number of piperazine rings is 1. The summed E-state index contributed by atoms with van der Waals surface area (Å²) in [6.07, 6.45) is 0.584. The quantitative estimate of drug-likeness (QED) is 0.776. The molecule has 3 aliphatic heterocycles. The first-order valence-corrected chi connectivity index (χ1v) is 10.8. The van der Waals surface area contributed by atoms with Gasteiger partial charge in [-0.1, -0.05) is 0 Å². The Morgan fingerprint density at radius 3 is 2.64 bits per heavy atom. The van der Waals surface area contributed by atoms with Crippen molar-refractivity contribution in [2.75, 3.05) is 38.1 Å². The molecule has 10 heteroatoms. The zero-order valence-corrected chi connectivity index (χ0v) is 16.4. The van der Waals surface area contributed by atoms with Crippen molar-refractivity contribution in [2.45, 2.75) is 36.9 Å². The molecule has 2 fully saturated rings. The third-order valence-corrected chi connectivity index (χ3v) is 7.17. The Morgan fingerprint density at radius 2 is 1.96 bits per heavy atom. The minimum atomic E-state index is -3.74. The Balaban J connectivity index is 1.45. The predicted octanol–water partition coefficient (Wildman–Crippen LogP) is 0.418. The lowest BCUT2D eigenvalue weighted by atomic mass is 10.2. The highest BCUT2D eigenvalue weighted by Gasteiger charge is 2.34. The zero-order valence-electron chi connectivity index (χ0n) is 15.6. The molecule has 0 aliphatic carbocycles. The lowest BCUT2D eigenvalue weighted by molar-refractivity contribution is -0.142. The average molecular weight is 409 g/mol. The highest BCUT2D eigenvalue weighted by molar-refractivity contribution is 7.89. The number of ether oxygens (including phenoxy) is 2. The summed E-state index contributed by atoms with van der Waals surface area (Å²) in [4.78, 5) is 26.0. The number of carbonyl (C=O) groups is 2. The summed E-state index contributed by atoms with van der Waals surface area (Å²) in [6.45, 7) is 3.33. The summed E-state index contributed by atoms with van der Waals surface area (Å²) in [5.74, 6) is 0.0682. The minimum absolute atomic E-state index is 0.0580. The lowest BCUT2D eigenvalue weighted by Gasteiger charge is -2.35. The van der Waals surface area contributed by atoms with Crippen LogP contribution in [0.1, 0.15) is 19.8 Å². The largest absolute Gasteiger partial charge is 0.479 e. The number of nitrogens with one attached hydrogen (secondary N) is 1. The van der Waals surface area contributed by atoms with E-state index in [-0.39, 0.29) is 29.8 Å². The molecule has 9 nitrogen and oxygen atoms in total. The molecular weight excluding hydrogens is 386 g/mol. The van der Waals surface area contributed by atoms with Crippen LogP contribution < -0.4 is 10.1 Å². The topological polar surface area (TPSA) is 105 Å². The lowest BCUT2D eigenvalue weighted by Crippen LogP contribution is -2.52. The highest BCUT2D eigenvalue weighted by Crippen LogP contribution is 2.33. The van der Waals surface area contributed by atoms with Gasteiger partial charge in [0.25, 0.3) is 11.8 Å². The van der Waals surface area contributed by atoms with Gasteiger partial charge in [0.05, 0.1) is 10.6 Å². The maximum atomic E-state index is 13.0. The van der Waals surface area contributed by atoms with Crippen LogP contribution in [0, 0.1) is 0 Å². The van der Waals surface area contributed by atoms with Crippen molar-refractivity contribution >= 4 is 27.5 Å². The van der Waals surface area contributed by atoms with E-state index < -0.39 is 22.2 Å². The number of carbonyl (C=O) groups excluding carboxylic acids is 2. The van der Waals surface area contributed by atoms with E-state index in [0.29, 0.717) is 31.1 Å². The minimum Gasteiger partial charge on any atom is -0.479 e. The number of anilines is 1. The molecule has 0 unspecified atom stereocenters. The summed E-state index contributed by atoms with van der Waals surface area (Å²) in [7, 11) is -3.74. The maximum Gasteiger partial charge on any atom is 0.265 e. The van der Waals surface area contributed by atoms with Gasteiger partial charge in [-0.3, -0.25) is 9.59 Å². The molecule has 1 aromatic rings. The van der Waals surface area contributed by atoms with Gasteiger partial charge in [-0.05, 0) is 38.0 Å². The number of fused-ring (bicyclic) bond motifs is 1. The fourth-order valence-electron chi connectivity index (χ4n) is 3.62. The summed E-state index contributed by atoms with van der Waals surface area (Å²) in [6, 6.07) is 4.44. The summed E-state index contributed by atoms with van der Waals surface area (Å²) in [5, 5.41) is 2.66. The van der Waals surface area contributed by atoms with E-state index in [9.17, 15) is 18.0 Å². The molecule has 1 aromatic carbocycles. The van der Waals surface area contributed by atoms with Gasteiger partial charge in [0, 0.05) is 32.8 Å². The van der Waals surface area contributed by atoms with E-state index in [4.69, 9.17) is 9.47 Å². The molecule has 4 rings (SSSR count). The van der Waals surface area contributed by atoms with Crippen LogP contribution in [0.3, 0.4) is 0 Å². The molecule has 0 aromatic heterocycles. The van der Waals surface area contributed by atoms with Gasteiger partial charge in [-0.25, -0.2) is 8.42 Å². The number of nitrogens with zero attached hydrogens (tertiary/aromatic N) is 2. The first kappa shape index (κ1) is 19.2. The van der Waals surface area contributed by atoms with Gasteiger partial charge in [-0.2, -0.15) is 4.31 Å². The molecule has 2 amide bonds. The molecule has 0 bridgehead atoms. The van der Waals surface area contributed by atoms with Crippen LogP contribution in [-0.2, 0) is 24.3 Å². The van der Waals surface area contributed by atoms with Crippen LogP contribution in [0.15, 0.2) is 23.1 Å². The van der Waals surface area contributed by atoms with E-state index >= 15 is 0 Å². The average Bonchev–Trinajstić information content (AvgIpc) is 3.23. The Hall–Kier alpha value is -2.17. The van der Waals surface area contributed by atoms with Crippen LogP contribution in [0.25, 0.3) is 0 Å². The third kappa shape index (κ3) is 3.47. The van der Waals surface area contributed by atoms with Crippen LogP contribution in [0.5, 0.6) is 5.75 Å². The van der Waals surface area contributed by atoms with Crippen molar-refractivity contribution in [1.82, 2.24) is 9.21 Å². The maximum absolute atomic E-state index is 13.0. The Kier molecular flexibility index (Phi) is 5.02. The molecule has 3 heterocycles. The smallest absolute Gasteiger partial charge is 0.265 e. The first-order chi connectivity index (χ1) is 13.4. The van der Waals surface area contributed by atoms with Crippen molar-refractivity contribution < 1.29 is 27.5 Å². The van der Waals surface area contributed by atoms with E-state index in [1.807, 2.05) is 0 Å². The molecule has 1 N–H and O–H groups in total. The monoisotopic (exact) mass is 409 g/mol. The molecule has 152 valence electrons. The fourth-order valence-corrected chi connectivity index (χ4v) is 5.07. The van der Waals surface area contributed by atoms with Gasteiger partial charge in [0.15, 0.2) is 6.10 Å². The standard InChI is InChI=1S/C18H23N3O6S/c1-12-17(22)19-14-11-13(4-5-15(14)27-12)28(24,25)21-8-6-20(7-9-21)18(23)16-3-2-10-26-16/h4-5,11-12,16H,2-3,6-10H2,1H3,(H,19,22)/t12-,16-/m1/s1. The van der Waals surface area contributed by atoms with Crippen molar-refractivity contribution in [3.8, 4) is 5.75 Å². The molecule has 2 atom stereocenters. The Morgan fingerprint density at radius 1 is 1.21 bits per heavy atom. The van der Waals surface area contributed by atoms with Crippen LogP contribution in [0.2, 0.25) is 0 Å². The van der Waals surface area contributed by atoms with E-state index in [2.05, 4.69) is 5.32 Å². The van der Waals surface area contributed by atoms with Gasteiger partial charge < -0.3 is 19.7 Å². The van der Waals surface area contributed by atoms with Gasteiger partial charge >= 0.3 is 0 Å². The zero-order chi connectivity index (χ0) is 19.9.